The highest BCUT2D eigenvalue weighted by molar-refractivity contribution is 5.75. The molecule has 0 aliphatic carbocycles. The number of nitrogens with two attached hydrogens (primary N) is 1. The van der Waals surface area contributed by atoms with Crippen molar-refractivity contribution in [3.05, 3.63) is 42.5 Å². The zero-order valence-electron chi connectivity index (χ0n) is 7.90. The number of rotatable bonds is 5. The Morgan fingerprint density at radius 2 is 2.21 bits per heavy atom. The van der Waals surface area contributed by atoms with Crippen LogP contribution in [0.15, 0.2) is 36.9 Å². The second kappa shape index (κ2) is 5.07. The summed E-state index contributed by atoms with van der Waals surface area (Å²) in [4.78, 5) is 10.5. The van der Waals surface area contributed by atoms with Gasteiger partial charge in [0, 0.05) is 0 Å². The molecule has 3 nitrogen and oxygen atoms in total. The number of primary amides is 1. The third-order valence-electron chi connectivity index (χ3n) is 1.71. The molecule has 14 heavy (non-hydrogen) atoms. The van der Waals surface area contributed by atoms with Crippen LogP contribution in [0, 0.1) is 0 Å². The number of ether oxygens (including phenoxy) is 1. The van der Waals surface area contributed by atoms with Gasteiger partial charge in [0.25, 0.3) is 5.91 Å². The van der Waals surface area contributed by atoms with E-state index < -0.39 is 5.91 Å². The summed E-state index contributed by atoms with van der Waals surface area (Å²) in [6, 6.07) is 7.50. The first kappa shape index (κ1) is 10.3. The molecule has 0 unspecified atom stereocenters. The summed E-state index contributed by atoms with van der Waals surface area (Å²) < 4.78 is 5.23. The van der Waals surface area contributed by atoms with Gasteiger partial charge in [0.15, 0.2) is 6.61 Å². The molecule has 0 bridgehead atoms. The van der Waals surface area contributed by atoms with Gasteiger partial charge in [0.1, 0.15) is 5.75 Å². The van der Waals surface area contributed by atoms with Crippen molar-refractivity contribution in [2.75, 3.05) is 6.61 Å². The number of carbonyl (C=O) groups is 1. The molecule has 0 aliphatic heterocycles. The molecule has 0 spiro atoms. The van der Waals surface area contributed by atoms with Crippen molar-refractivity contribution in [1.29, 1.82) is 0 Å². The van der Waals surface area contributed by atoms with Crippen LogP contribution in [0.4, 0.5) is 0 Å². The summed E-state index contributed by atoms with van der Waals surface area (Å²) in [5, 5.41) is 0. The molecule has 0 radical (unpaired) electrons. The van der Waals surface area contributed by atoms with Crippen molar-refractivity contribution in [2.45, 2.75) is 6.42 Å². The average molecular weight is 191 g/mol. The largest absolute Gasteiger partial charge is 0.483 e. The minimum Gasteiger partial charge on any atom is -0.483 e. The predicted octanol–water partition coefficient (Wildman–Crippen LogP) is 1.28. The van der Waals surface area contributed by atoms with Crippen LogP contribution in [0.1, 0.15) is 5.56 Å². The van der Waals surface area contributed by atoms with Gasteiger partial charge >= 0.3 is 0 Å². The van der Waals surface area contributed by atoms with Crippen molar-refractivity contribution in [3.63, 3.8) is 0 Å². The molecule has 1 aromatic rings. The number of allylic oxidation sites excluding steroid dienone is 1. The Balaban J connectivity index is 2.73. The third kappa shape index (κ3) is 2.94. The molecule has 0 atom stereocenters. The Morgan fingerprint density at radius 3 is 2.86 bits per heavy atom. The van der Waals surface area contributed by atoms with Gasteiger partial charge in [-0.1, -0.05) is 24.3 Å². The van der Waals surface area contributed by atoms with E-state index in [-0.39, 0.29) is 6.61 Å². The van der Waals surface area contributed by atoms with E-state index in [0.29, 0.717) is 5.75 Å². The molecule has 0 heterocycles. The number of para-hydroxylation sites is 1. The lowest BCUT2D eigenvalue weighted by Crippen LogP contribution is -2.20. The SMILES string of the molecule is C=CCc1ccccc1OCC(N)=O. The van der Waals surface area contributed by atoms with Crippen LogP contribution in [0.5, 0.6) is 5.75 Å². The Kier molecular flexibility index (Phi) is 3.73. The van der Waals surface area contributed by atoms with Gasteiger partial charge < -0.3 is 10.5 Å². The predicted molar refractivity (Wildman–Crippen MR) is 55.0 cm³/mol. The van der Waals surface area contributed by atoms with Crippen LogP contribution >= 0.6 is 0 Å². The van der Waals surface area contributed by atoms with Crippen molar-refractivity contribution in [3.8, 4) is 5.75 Å². The van der Waals surface area contributed by atoms with Crippen molar-refractivity contribution < 1.29 is 9.53 Å². The molecular formula is C11H13NO2. The molecular weight excluding hydrogens is 178 g/mol. The Morgan fingerprint density at radius 1 is 1.50 bits per heavy atom. The topological polar surface area (TPSA) is 52.3 Å². The van der Waals surface area contributed by atoms with Crippen LogP contribution in [0.25, 0.3) is 0 Å². The van der Waals surface area contributed by atoms with E-state index >= 15 is 0 Å². The van der Waals surface area contributed by atoms with Crippen molar-refractivity contribution in [1.82, 2.24) is 0 Å². The second-order valence-electron chi connectivity index (χ2n) is 2.86. The van der Waals surface area contributed by atoms with Crippen molar-refractivity contribution >= 4 is 5.91 Å². The monoisotopic (exact) mass is 191 g/mol. The number of carbonyl (C=O) groups excluding carboxylic acids is 1. The summed E-state index contributed by atoms with van der Waals surface area (Å²) in [5.74, 6) is 0.213. The Bertz CT molecular complexity index is 334. The molecule has 0 fully saturated rings. The van der Waals surface area contributed by atoms with Gasteiger partial charge in [-0.05, 0) is 18.1 Å². The van der Waals surface area contributed by atoms with E-state index in [1.807, 2.05) is 24.3 Å². The molecule has 1 rings (SSSR count). The number of amides is 1. The fraction of sp³-hybridized carbons (Fsp3) is 0.182. The molecule has 0 saturated carbocycles. The summed E-state index contributed by atoms with van der Waals surface area (Å²) in [6.45, 7) is 3.56. The first-order valence-electron chi connectivity index (χ1n) is 4.34. The summed E-state index contributed by atoms with van der Waals surface area (Å²) in [7, 11) is 0. The maximum atomic E-state index is 10.5. The van der Waals surface area contributed by atoms with Gasteiger partial charge in [-0.15, -0.1) is 6.58 Å². The van der Waals surface area contributed by atoms with Gasteiger partial charge in [0.05, 0.1) is 0 Å². The van der Waals surface area contributed by atoms with E-state index in [4.69, 9.17) is 10.5 Å². The van der Waals surface area contributed by atoms with E-state index in [9.17, 15) is 4.79 Å². The standard InChI is InChI=1S/C11H13NO2/c1-2-5-9-6-3-4-7-10(9)14-8-11(12)13/h2-4,6-7H,1,5,8H2,(H2,12,13). The van der Waals surface area contributed by atoms with Crippen LogP contribution in [-0.4, -0.2) is 12.5 Å². The van der Waals surface area contributed by atoms with E-state index in [1.54, 1.807) is 6.08 Å². The second-order valence-corrected chi connectivity index (χ2v) is 2.86. The third-order valence-corrected chi connectivity index (χ3v) is 1.71. The zero-order valence-corrected chi connectivity index (χ0v) is 7.90. The lowest BCUT2D eigenvalue weighted by molar-refractivity contribution is -0.119. The quantitative estimate of drug-likeness (QED) is 0.713. The lowest BCUT2D eigenvalue weighted by atomic mass is 10.1. The fourth-order valence-electron chi connectivity index (χ4n) is 1.12. The molecule has 0 aliphatic rings. The highest BCUT2D eigenvalue weighted by Gasteiger charge is 2.02. The van der Waals surface area contributed by atoms with Gasteiger partial charge in [-0.25, -0.2) is 0 Å². The maximum absolute atomic E-state index is 10.5. The molecule has 3 heteroatoms. The van der Waals surface area contributed by atoms with Gasteiger partial charge in [-0.2, -0.15) is 0 Å². The number of benzene rings is 1. The van der Waals surface area contributed by atoms with Crippen LogP contribution < -0.4 is 10.5 Å². The normalized spacial score (nSPS) is 9.43. The van der Waals surface area contributed by atoms with E-state index in [2.05, 4.69) is 6.58 Å². The average Bonchev–Trinajstić information content (AvgIpc) is 2.17. The maximum Gasteiger partial charge on any atom is 0.255 e. The summed E-state index contributed by atoms with van der Waals surface area (Å²) in [6.07, 6.45) is 2.50. The van der Waals surface area contributed by atoms with Crippen LogP contribution in [-0.2, 0) is 11.2 Å². The van der Waals surface area contributed by atoms with E-state index in [1.165, 1.54) is 0 Å². The minimum absolute atomic E-state index is 0.0891. The van der Waals surface area contributed by atoms with Crippen LogP contribution in [0.2, 0.25) is 0 Å². The fourth-order valence-corrected chi connectivity index (χ4v) is 1.12. The smallest absolute Gasteiger partial charge is 0.255 e. The van der Waals surface area contributed by atoms with Crippen LogP contribution in [0.3, 0.4) is 0 Å². The molecule has 1 aromatic carbocycles. The molecule has 2 N–H and O–H groups in total. The summed E-state index contributed by atoms with van der Waals surface area (Å²) >= 11 is 0. The zero-order chi connectivity index (χ0) is 10.4. The van der Waals surface area contributed by atoms with Crippen molar-refractivity contribution in [2.24, 2.45) is 5.73 Å². The molecule has 74 valence electrons. The first-order chi connectivity index (χ1) is 6.74. The Hall–Kier alpha value is -1.77. The highest BCUT2D eigenvalue weighted by atomic mass is 16.5. The summed E-state index contributed by atoms with van der Waals surface area (Å²) in [5.41, 5.74) is 5.98. The molecule has 0 saturated heterocycles. The van der Waals surface area contributed by atoms with Gasteiger partial charge in [0.2, 0.25) is 0 Å². The number of hydrogen-bond donors (Lipinski definition) is 1. The molecule has 0 aromatic heterocycles. The first-order valence-corrected chi connectivity index (χ1v) is 4.34. The lowest BCUT2D eigenvalue weighted by Gasteiger charge is -2.07. The molecule has 1 amide bonds. The van der Waals surface area contributed by atoms with E-state index in [0.717, 1.165) is 12.0 Å². The highest BCUT2D eigenvalue weighted by Crippen LogP contribution is 2.18. The Labute approximate surface area is 83.2 Å². The minimum atomic E-state index is -0.474. The number of hydrogen-bond acceptors (Lipinski definition) is 2. The van der Waals surface area contributed by atoms with Gasteiger partial charge in [-0.3, -0.25) is 4.79 Å².